The van der Waals surface area contributed by atoms with Crippen LogP contribution in [0.2, 0.25) is 0 Å². The van der Waals surface area contributed by atoms with Gasteiger partial charge < -0.3 is 5.73 Å². The van der Waals surface area contributed by atoms with Crippen molar-refractivity contribution in [2.45, 2.75) is 37.6 Å². The Morgan fingerprint density at radius 1 is 1.27 bits per heavy atom. The molecular formula is C12H15F2N. The van der Waals surface area contributed by atoms with Crippen LogP contribution in [-0.4, -0.2) is 12.0 Å². The van der Waals surface area contributed by atoms with Crippen LogP contribution in [0.4, 0.5) is 8.78 Å². The van der Waals surface area contributed by atoms with E-state index in [2.05, 4.69) is 0 Å². The van der Waals surface area contributed by atoms with Crippen molar-refractivity contribution in [3.8, 4) is 0 Å². The predicted molar refractivity (Wildman–Crippen MR) is 52.4 cm³/mol. The molecule has 1 spiro atoms. The fraction of sp³-hybridized carbons (Fsp3) is 0.833. The molecule has 0 heterocycles. The SMILES string of the molecule is NC1CC2CC34C[C@H]1CC3C=C4C2(F)F. The predicted octanol–water partition coefficient (Wildman–Crippen LogP) is 2.33. The molecule has 3 heteroatoms. The third-order valence-electron chi connectivity index (χ3n) is 5.44. The van der Waals surface area contributed by atoms with Crippen LogP contribution in [0.5, 0.6) is 0 Å². The summed E-state index contributed by atoms with van der Waals surface area (Å²) in [4.78, 5) is 0. The molecule has 0 aliphatic heterocycles. The van der Waals surface area contributed by atoms with Crippen molar-refractivity contribution in [2.75, 3.05) is 0 Å². The third kappa shape index (κ3) is 0.738. The maximum Gasteiger partial charge on any atom is 0.272 e. The Morgan fingerprint density at radius 2 is 2.07 bits per heavy atom. The molecule has 0 aromatic heterocycles. The number of nitrogens with two attached hydrogens (primary N) is 1. The van der Waals surface area contributed by atoms with Gasteiger partial charge in [-0.2, -0.15) is 0 Å². The van der Waals surface area contributed by atoms with Crippen molar-refractivity contribution in [3.63, 3.8) is 0 Å². The second kappa shape index (κ2) is 2.15. The second-order valence-electron chi connectivity index (χ2n) is 5.97. The zero-order chi connectivity index (χ0) is 10.4. The van der Waals surface area contributed by atoms with Crippen LogP contribution in [0.3, 0.4) is 0 Å². The third-order valence-corrected chi connectivity index (χ3v) is 5.44. The molecule has 4 aliphatic carbocycles. The van der Waals surface area contributed by atoms with Gasteiger partial charge in [0.1, 0.15) is 0 Å². The smallest absolute Gasteiger partial charge is 0.272 e. The van der Waals surface area contributed by atoms with Gasteiger partial charge in [-0.1, -0.05) is 6.08 Å². The molecule has 4 aliphatic rings. The van der Waals surface area contributed by atoms with Gasteiger partial charge in [-0.15, -0.1) is 0 Å². The standard InChI is InChI=1S/C12H15F2N/c13-12(14)8-2-9(15)6-1-7-3-10(12)11(7,4-6)5-8/h3,6-9H,1-2,4-5,15H2/t6-,7?,8?,9?,11?/m1/s1. The summed E-state index contributed by atoms with van der Waals surface area (Å²) < 4.78 is 28.0. The van der Waals surface area contributed by atoms with Gasteiger partial charge in [-0.05, 0) is 37.5 Å². The topological polar surface area (TPSA) is 26.0 Å². The molecule has 0 saturated heterocycles. The molecule has 5 atom stereocenters. The van der Waals surface area contributed by atoms with Crippen LogP contribution in [0, 0.1) is 23.2 Å². The highest BCUT2D eigenvalue weighted by Gasteiger charge is 2.71. The number of alkyl halides is 2. The number of hydrogen-bond acceptors (Lipinski definition) is 1. The molecule has 0 aromatic rings. The van der Waals surface area contributed by atoms with E-state index in [1.807, 2.05) is 6.08 Å². The maximum atomic E-state index is 14.0. The Hall–Kier alpha value is -0.440. The van der Waals surface area contributed by atoms with Crippen LogP contribution in [0.1, 0.15) is 25.7 Å². The average molecular weight is 211 g/mol. The average Bonchev–Trinajstić information content (AvgIpc) is 2.44. The van der Waals surface area contributed by atoms with E-state index in [-0.39, 0.29) is 11.5 Å². The van der Waals surface area contributed by atoms with Gasteiger partial charge in [0.15, 0.2) is 0 Å². The van der Waals surface area contributed by atoms with Crippen LogP contribution < -0.4 is 5.73 Å². The number of hydrogen-bond donors (Lipinski definition) is 1. The Labute approximate surface area is 87.7 Å². The van der Waals surface area contributed by atoms with E-state index >= 15 is 0 Å². The lowest BCUT2D eigenvalue weighted by atomic mass is 9.64. The first kappa shape index (κ1) is 8.68. The molecule has 0 radical (unpaired) electrons. The highest BCUT2D eigenvalue weighted by atomic mass is 19.3. The molecule has 1 nitrogen and oxygen atoms in total. The molecule has 0 aromatic carbocycles. The first-order valence-electron chi connectivity index (χ1n) is 5.90. The van der Waals surface area contributed by atoms with E-state index in [0.717, 1.165) is 12.8 Å². The minimum Gasteiger partial charge on any atom is -0.327 e. The van der Waals surface area contributed by atoms with Crippen molar-refractivity contribution in [2.24, 2.45) is 28.9 Å². The fourth-order valence-corrected chi connectivity index (χ4v) is 4.72. The number of allylic oxidation sites excluding steroid dienone is 2. The van der Waals surface area contributed by atoms with Crippen LogP contribution in [0.25, 0.3) is 0 Å². The molecule has 15 heavy (non-hydrogen) atoms. The van der Waals surface area contributed by atoms with Gasteiger partial charge in [-0.25, -0.2) is 8.78 Å². The van der Waals surface area contributed by atoms with Crippen LogP contribution >= 0.6 is 0 Å². The Morgan fingerprint density at radius 3 is 2.87 bits per heavy atom. The minimum atomic E-state index is -2.54. The van der Waals surface area contributed by atoms with E-state index in [4.69, 9.17) is 5.73 Å². The lowest BCUT2D eigenvalue weighted by Gasteiger charge is -2.41. The van der Waals surface area contributed by atoms with E-state index in [9.17, 15) is 8.78 Å². The summed E-state index contributed by atoms with van der Waals surface area (Å²) in [6.07, 6.45) is 5.10. The van der Waals surface area contributed by atoms with Crippen LogP contribution in [-0.2, 0) is 0 Å². The summed E-state index contributed by atoms with van der Waals surface area (Å²) in [7, 11) is 0. The largest absolute Gasteiger partial charge is 0.327 e. The molecule has 4 rings (SSSR count). The molecular weight excluding hydrogens is 196 g/mol. The number of halogens is 2. The molecule has 3 saturated carbocycles. The summed E-state index contributed by atoms with van der Waals surface area (Å²) in [5.74, 6) is -2.07. The summed E-state index contributed by atoms with van der Waals surface area (Å²) >= 11 is 0. The van der Waals surface area contributed by atoms with E-state index in [0.29, 0.717) is 30.3 Å². The summed E-state index contributed by atoms with van der Waals surface area (Å²) in [5.41, 5.74) is 6.43. The minimum absolute atomic E-state index is 0.0146. The lowest BCUT2D eigenvalue weighted by molar-refractivity contribution is -0.0125. The highest BCUT2D eigenvalue weighted by molar-refractivity contribution is 5.44. The Bertz CT molecular complexity index is 376. The number of rotatable bonds is 0. The molecule has 4 unspecified atom stereocenters. The molecule has 0 amide bonds. The highest BCUT2D eigenvalue weighted by Crippen LogP contribution is 2.74. The van der Waals surface area contributed by atoms with Crippen molar-refractivity contribution in [3.05, 3.63) is 11.6 Å². The maximum absolute atomic E-state index is 14.0. The first-order valence-corrected chi connectivity index (χ1v) is 5.90. The Kier molecular flexibility index (Phi) is 1.24. The summed E-state index contributed by atoms with van der Waals surface area (Å²) in [6, 6.07) is 0.0146. The van der Waals surface area contributed by atoms with Crippen molar-refractivity contribution < 1.29 is 8.78 Å². The van der Waals surface area contributed by atoms with Crippen molar-refractivity contribution >= 4 is 0 Å². The molecule has 2 N–H and O–H groups in total. The van der Waals surface area contributed by atoms with Gasteiger partial charge in [0.25, 0.3) is 5.92 Å². The van der Waals surface area contributed by atoms with E-state index < -0.39 is 11.8 Å². The fourth-order valence-electron chi connectivity index (χ4n) is 4.72. The molecule has 3 fully saturated rings. The zero-order valence-corrected chi connectivity index (χ0v) is 8.55. The van der Waals surface area contributed by atoms with Crippen molar-refractivity contribution in [1.29, 1.82) is 0 Å². The summed E-state index contributed by atoms with van der Waals surface area (Å²) in [6.45, 7) is 0. The van der Waals surface area contributed by atoms with Gasteiger partial charge in [0, 0.05) is 22.9 Å². The second-order valence-corrected chi connectivity index (χ2v) is 5.97. The number of fused-ring (bicyclic) bond motifs is 2. The van der Waals surface area contributed by atoms with Gasteiger partial charge in [0.2, 0.25) is 0 Å². The van der Waals surface area contributed by atoms with Crippen molar-refractivity contribution in [1.82, 2.24) is 0 Å². The Balaban J connectivity index is 1.89. The molecule has 82 valence electrons. The summed E-state index contributed by atoms with van der Waals surface area (Å²) in [5, 5.41) is 0. The first-order chi connectivity index (χ1) is 7.04. The normalized spacial score (nSPS) is 58.5. The molecule has 3 bridgehead atoms. The lowest BCUT2D eigenvalue weighted by Crippen LogP contribution is -2.39. The zero-order valence-electron chi connectivity index (χ0n) is 8.55. The van der Waals surface area contributed by atoms with Gasteiger partial charge >= 0.3 is 0 Å². The monoisotopic (exact) mass is 211 g/mol. The quantitative estimate of drug-likeness (QED) is 0.611. The van der Waals surface area contributed by atoms with E-state index in [1.165, 1.54) is 0 Å². The van der Waals surface area contributed by atoms with Gasteiger partial charge in [-0.3, -0.25) is 0 Å². The van der Waals surface area contributed by atoms with Gasteiger partial charge in [0.05, 0.1) is 0 Å². The van der Waals surface area contributed by atoms with E-state index in [1.54, 1.807) is 0 Å². The van der Waals surface area contributed by atoms with Crippen LogP contribution in [0.15, 0.2) is 11.6 Å².